The molecule has 0 saturated heterocycles. The number of anilines is 1. The van der Waals surface area contributed by atoms with Gasteiger partial charge in [0.05, 0.1) is 12.1 Å². The number of carboxylic acid groups (broad SMARTS) is 1. The Morgan fingerprint density at radius 3 is 2.70 bits per heavy atom. The van der Waals surface area contributed by atoms with Crippen LogP contribution in [0.4, 0.5) is 5.69 Å². The molecule has 0 unspecified atom stereocenters. The lowest BCUT2D eigenvalue weighted by molar-refractivity contribution is 0.0692. The maximum atomic E-state index is 12.8. The van der Waals surface area contributed by atoms with Crippen molar-refractivity contribution in [2.75, 3.05) is 19.0 Å². The molecule has 2 heterocycles. The van der Waals surface area contributed by atoms with E-state index in [0.29, 0.717) is 28.8 Å². The molecule has 8 heteroatoms. The molecule has 0 bridgehead atoms. The fourth-order valence-corrected chi connectivity index (χ4v) is 3.72. The van der Waals surface area contributed by atoms with Crippen molar-refractivity contribution in [3.8, 4) is 0 Å². The normalized spacial score (nSPS) is 11.3. The Labute approximate surface area is 172 Å². The number of nitrogens with zero attached hydrogens (tertiary/aromatic N) is 2. The number of carbonyl (C=O) groups is 2. The van der Waals surface area contributed by atoms with Crippen LogP contribution in [0.25, 0.3) is 21.8 Å². The average molecular weight is 406 g/mol. The van der Waals surface area contributed by atoms with Crippen molar-refractivity contribution in [3.05, 3.63) is 58.9 Å². The van der Waals surface area contributed by atoms with E-state index in [2.05, 4.69) is 27.0 Å². The van der Waals surface area contributed by atoms with E-state index in [9.17, 15) is 14.7 Å². The summed E-state index contributed by atoms with van der Waals surface area (Å²) in [5, 5.41) is 20.0. The number of fused-ring (bicyclic) bond motifs is 2. The average Bonchev–Trinajstić information content (AvgIpc) is 3.26. The standard InChI is InChI=1S/C22H22N4O4/c1-12-13(2)26(8-9-30-3)19-7-4-14(10-16(12)19)21(27)23-15-5-6-18-17(11-15)20(22(28)29)25-24-18/h4-7,10-11H,8-9H2,1-3H3,(H,23,27)(H,24,25)(H,28,29). The molecule has 2 aromatic carbocycles. The summed E-state index contributed by atoms with van der Waals surface area (Å²) in [6.07, 6.45) is 0. The van der Waals surface area contributed by atoms with Crippen molar-refractivity contribution in [3.63, 3.8) is 0 Å². The molecule has 0 aliphatic rings. The number of carbonyl (C=O) groups excluding carboxylic acids is 1. The Balaban J connectivity index is 1.65. The molecule has 0 aliphatic carbocycles. The molecular formula is C22H22N4O4. The number of aryl methyl sites for hydroxylation is 1. The zero-order chi connectivity index (χ0) is 21.4. The Morgan fingerprint density at radius 1 is 1.17 bits per heavy atom. The number of benzene rings is 2. The highest BCUT2D eigenvalue weighted by molar-refractivity contribution is 6.08. The number of amides is 1. The molecule has 3 N–H and O–H groups in total. The van der Waals surface area contributed by atoms with Gasteiger partial charge in [-0.15, -0.1) is 0 Å². The van der Waals surface area contributed by atoms with Crippen molar-refractivity contribution in [2.24, 2.45) is 0 Å². The van der Waals surface area contributed by atoms with Crippen LogP contribution in [0.15, 0.2) is 36.4 Å². The van der Waals surface area contributed by atoms with Gasteiger partial charge in [-0.3, -0.25) is 9.89 Å². The van der Waals surface area contributed by atoms with Gasteiger partial charge in [-0.25, -0.2) is 4.79 Å². The van der Waals surface area contributed by atoms with Gasteiger partial charge in [-0.05, 0) is 55.8 Å². The number of nitrogens with one attached hydrogen (secondary N) is 2. The second-order valence-electron chi connectivity index (χ2n) is 7.18. The summed E-state index contributed by atoms with van der Waals surface area (Å²) in [6, 6.07) is 10.6. The SMILES string of the molecule is COCCn1c(C)c(C)c2cc(C(=O)Nc3ccc4[nH]nc(C(=O)O)c4c3)ccc21. The number of hydrogen-bond acceptors (Lipinski definition) is 4. The third-order valence-electron chi connectivity index (χ3n) is 5.44. The molecule has 154 valence electrons. The van der Waals surface area contributed by atoms with Crippen LogP contribution in [0.2, 0.25) is 0 Å². The summed E-state index contributed by atoms with van der Waals surface area (Å²) >= 11 is 0. The number of ether oxygens (including phenoxy) is 1. The van der Waals surface area contributed by atoms with Crippen LogP contribution in [0.3, 0.4) is 0 Å². The largest absolute Gasteiger partial charge is 0.476 e. The van der Waals surface area contributed by atoms with Gasteiger partial charge in [0.2, 0.25) is 0 Å². The summed E-state index contributed by atoms with van der Waals surface area (Å²) in [5.74, 6) is -1.39. The van der Waals surface area contributed by atoms with Gasteiger partial charge in [0.25, 0.3) is 5.91 Å². The Bertz CT molecular complexity index is 1290. The number of carboxylic acids is 1. The van der Waals surface area contributed by atoms with Crippen LogP contribution in [0.1, 0.15) is 32.1 Å². The van der Waals surface area contributed by atoms with E-state index in [1.807, 2.05) is 19.1 Å². The Kier molecular flexibility index (Phi) is 5.01. The first-order valence-electron chi connectivity index (χ1n) is 9.52. The van der Waals surface area contributed by atoms with Gasteiger partial charge in [0.1, 0.15) is 0 Å². The molecule has 0 spiro atoms. The first kappa shape index (κ1) is 19.7. The molecule has 0 saturated carbocycles. The van der Waals surface area contributed by atoms with E-state index in [4.69, 9.17) is 4.74 Å². The van der Waals surface area contributed by atoms with E-state index in [1.54, 1.807) is 31.4 Å². The third kappa shape index (κ3) is 3.31. The maximum Gasteiger partial charge on any atom is 0.357 e. The van der Waals surface area contributed by atoms with Crippen LogP contribution in [0, 0.1) is 13.8 Å². The first-order chi connectivity index (χ1) is 14.4. The topological polar surface area (TPSA) is 109 Å². The predicted octanol–water partition coefficient (Wildman–Crippen LogP) is 3.73. The van der Waals surface area contributed by atoms with Crippen molar-refractivity contribution >= 4 is 39.4 Å². The first-order valence-corrected chi connectivity index (χ1v) is 9.52. The van der Waals surface area contributed by atoms with Crippen molar-refractivity contribution in [1.29, 1.82) is 0 Å². The Morgan fingerprint density at radius 2 is 1.97 bits per heavy atom. The van der Waals surface area contributed by atoms with E-state index in [0.717, 1.165) is 28.7 Å². The molecule has 0 atom stereocenters. The molecular weight excluding hydrogens is 384 g/mol. The smallest absolute Gasteiger partial charge is 0.357 e. The lowest BCUT2D eigenvalue weighted by Gasteiger charge is -2.08. The van der Waals surface area contributed by atoms with Gasteiger partial charge in [-0.1, -0.05) is 0 Å². The van der Waals surface area contributed by atoms with Crippen molar-refractivity contribution in [2.45, 2.75) is 20.4 Å². The van der Waals surface area contributed by atoms with Crippen LogP contribution < -0.4 is 5.32 Å². The van der Waals surface area contributed by atoms with Gasteiger partial charge in [0, 0.05) is 46.9 Å². The second kappa shape index (κ2) is 7.64. The second-order valence-corrected chi connectivity index (χ2v) is 7.18. The summed E-state index contributed by atoms with van der Waals surface area (Å²) in [4.78, 5) is 24.2. The highest BCUT2D eigenvalue weighted by Gasteiger charge is 2.16. The molecule has 0 fully saturated rings. The minimum Gasteiger partial charge on any atom is -0.476 e. The number of aromatic nitrogens is 3. The van der Waals surface area contributed by atoms with Gasteiger partial charge in [-0.2, -0.15) is 5.10 Å². The Hall–Kier alpha value is -3.65. The number of aromatic carboxylic acids is 1. The minimum absolute atomic E-state index is 0.0778. The fourth-order valence-electron chi connectivity index (χ4n) is 3.72. The highest BCUT2D eigenvalue weighted by atomic mass is 16.5. The summed E-state index contributed by atoms with van der Waals surface area (Å²) < 4.78 is 7.40. The summed E-state index contributed by atoms with van der Waals surface area (Å²) in [6.45, 7) is 5.46. The summed E-state index contributed by atoms with van der Waals surface area (Å²) in [7, 11) is 1.68. The number of rotatable bonds is 6. The zero-order valence-electron chi connectivity index (χ0n) is 16.9. The molecule has 0 radical (unpaired) electrons. The number of methoxy groups -OCH3 is 1. The molecule has 30 heavy (non-hydrogen) atoms. The zero-order valence-corrected chi connectivity index (χ0v) is 16.9. The van der Waals surface area contributed by atoms with Gasteiger partial charge < -0.3 is 19.7 Å². The van der Waals surface area contributed by atoms with Gasteiger partial charge >= 0.3 is 5.97 Å². The number of hydrogen-bond donors (Lipinski definition) is 3. The minimum atomic E-state index is -1.13. The number of aromatic amines is 1. The lowest BCUT2D eigenvalue weighted by Crippen LogP contribution is -2.12. The van der Waals surface area contributed by atoms with E-state index < -0.39 is 5.97 Å². The monoisotopic (exact) mass is 406 g/mol. The lowest BCUT2D eigenvalue weighted by atomic mass is 10.1. The number of H-pyrrole nitrogens is 1. The van der Waals surface area contributed by atoms with E-state index in [1.165, 1.54) is 0 Å². The maximum absolute atomic E-state index is 12.8. The molecule has 0 aliphatic heterocycles. The predicted molar refractivity (Wildman–Crippen MR) is 114 cm³/mol. The van der Waals surface area contributed by atoms with Crippen LogP contribution in [-0.2, 0) is 11.3 Å². The van der Waals surface area contributed by atoms with Gasteiger partial charge in [0.15, 0.2) is 5.69 Å². The summed E-state index contributed by atoms with van der Waals surface area (Å²) in [5.41, 5.74) is 4.88. The quantitative estimate of drug-likeness (QED) is 0.452. The third-order valence-corrected chi connectivity index (χ3v) is 5.44. The van der Waals surface area contributed by atoms with Crippen LogP contribution in [0.5, 0.6) is 0 Å². The molecule has 4 rings (SSSR count). The van der Waals surface area contributed by atoms with Crippen LogP contribution >= 0.6 is 0 Å². The highest BCUT2D eigenvalue weighted by Crippen LogP contribution is 2.27. The molecule has 4 aromatic rings. The van der Waals surface area contributed by atoms with Crippen molar-refractivity contribution in [1.82, 2.24) is 14.8 Å². The molecule has 2 aromatic heterocycles. The van der Waals surface area contributed by atoms with Crippen molar-refractivity contribution < 1.29 is 19.4 Å². The molecule has 1 amide bonds. The van der Waals surface area contributed by atoms with Crippen LogP contribution in [-0.4, -0.2) is 45.5 Å². The van der Waals surface area contributed by atoms with E-state index >= 15 is 0 Å². The van der Waals surface area contributed by atoms with E-state index in [-0.39, 0.29) is 11.6 Å². The fraction of sp³-hybridized carbons (Fsp3) is 0.227. The molecule has 8 nitrogen and oxygen atoms in total.